The van der Waals surface area contributed by atoms with Gasteiger partial charge in [-0.25, -0.2) is 9.59 Å². The lowest BCUT2D eigenvalue weighted by Crippen LogP contribution is -2.48. The van der Waals surface area contributed by atoms with E-state index in [1.54, 1.807) is 11.4 Å². The SMILES string of the molecule is O=C(O)C(NC(=O)N(CC(F)(F)F)C1CC1)c1cccs1. The van der Waals surface area contributed by atoms with Crippen LogP contribution in [-0.2, 0) is 4.79 Å². The highest BCUT2D eigenvalue weighted by Crippen LogP contribution is 2.30. The van der Waals surface area contributed by atoms with E-state index in [2.05, 4.69) is 5.32 Å². The first-order valence-electron chi connectivity index (χ1n) is 6.18. The number of hydrogen-bond donors (Lipinski definition) is 2. The fraction of sp³-hybridized carbons (Fsp3) is 0.500. The molecule has 9 heteroatoms. The van der Waals surface area contributed by atoms with Gasteiger partial charge in [-0.3, -0.25) is 0 Å². The number of aliphatic carboxylic acids is 1. The van der Waals surface area contributed by atoms with Crippen LogP contribution in [0.2, 0.25) is 0 Å². The molecule has 1 atom stereocenters. The Morgan fingerprint density at radius 2 is 2.14 bits per heavy atom. The molecule has 0 spiro atoms. The maximum absolute atomic E-state index is 12.5. The molecule has 2 rings (SSSR count). The summed E-state index contributed by atoms with van der Waals surface area (Å²) in [5, 5.41) is 12.9. The Balaban J connectivity index is 2.08. The lowest BCUT2D eigenvalue weighted by atomic mass is 10.2. The molecule has 1 aromatic rings. The smallest absolute Gasteiger partial charge is 0.406 e. The highest BCUT2D eigenvalue weighted by Gasteiger charge is 2.41. The van der Waals surface area contributed by atoms with Gasteiger partial charge >= 0.3 is 18.2 Å². The van der Waals surface area contributed by atoms with Crippen LogP contribution in [0.15, 0.2) is 17.5 Å². The first kappa shape index (κ1) is 15.6. The number of rotatable bonds is 5. The topological polar surface area (TPSA) is 69.6 Å². The van der Waals surface area contributed by atoms with E-state index in [9.17, 15) is 22.8 Å². The number of carbonyl (C=O) groups excluding carboxylic acids is 1. The predicted octanol–water partition coefficient (Wildman–Crippen LogP) is 2.61. The molecule has 1 aliphatic rings. The molecule has 1 fully saturated rings. The fourth-order valence-corrected chi connectivity index (χ4v) is 2.63. The van der Waals surface area contributed by atoms with Crippen molar-refractivity contribution in [2.75, 3.05) is 6.54 Å². The number of alkyl halides is 3. The van der Waals surface area contributed by atoms with Gasteiger partial charge in [0, 0.05) is 10.9 Å². The summed E-state index contributed by atoms with van der Waals surface area (Å²) in [5.74, 6) is -1.31. The van der Waals surface area contributed by atoms with Gasteiger partial charge in [-0.2, -0.15) is 13.2 Å². The van der Waals surface area contributed by atoms with E-state index in [1.165, 1.54) is 6.07 Å². The largest absolute Gasteiger partial charge is 0.479 e. The molecule has 1 heterocycles. The first-order valence-corrected chi connectivity index (χ1v) is 7.06. The molecular formula is C12H13F3N2O3S. The monoisotopic (exact) mass is 322 g/mol. The number of urea groups is 1. The number of amides is 2. The van der Waals surface area contributed by atoms with Gasteiger partial charge in [-0.15, -0.1) is 11.3 Å². The van der Waals surface area contributed by atoms with Gasteiger partial charge in [-0.1, -0.05) is 6.07 Å². The summed E-state index contributed by atoms with van der Waals surface area (Å²) in [7, 11) is 0. The average Bonchev–Trinajstić information content (AvgIpc) is 3.07. The van der Waals surface area contributed by atoms with Crippen molar-refractivity contribution in [2.45, 2.75) is 31.1 Å². The van der Waals surface area contributed by atoms with E-state index in [0.29, 0.717) is 22.6 Å². The van der Waals surface area contributed by atoms with E-state index < -0.39 is 36.8 Å². The van der Waals surface area contributed by atoms with Crippen LogP contribution in [0.4, 0.5) is 18.0 Å². The minimum Gasteiger partial charge on any atom is -0.479 e. The quantitative estimate of drug-likeness (QED) is 0.875. The Hall–Kier alpha value is -1.77. The molecule has 2 N–H and O–H groups in total. The fourth-order valence-electron chi connectivity index (χ4n) is 1.86. The Morgan fingerprint density at radius 3 is 2.57 bits per heavy atom. The minimum atomic E-state index is -4.51. The highest BCUT2D eigenvalue weighted by atomic mass is 32.1. The molecule has 1 aliphatic carbocycles. The molecule has 5 nitrogen and oxygen atoms in total. The molecule has 1 saturated carbocycles. The second kappa shape index (κ2) is 5.92. The van der Waals surface area contributed by atoms with Gasteiger partial charge in [0.2, 0.25) is 0 Å². The van der Waals surface area contributed by atoms with Crippen molar-refractivity contribution < 1.29 is 27.9 Å². The highest BCUT2D eigenvalue weighted by molar-refractivity contribution is 7.10. The molecule has 1 unspecified atom stereocenters. The van der Waals surface area contributed by atoms with Crippen LogP contribution in [0.1, 0.15) is 23.8 Å². The van der Waals surface area contributed by atoms with Gasteiger partial charge in [0.25, 0.3) is 0 Å². The Morgan fingerprint density at radius 1 is 1.48 bits per heavy atom. The minimum absolute atomic E-state index is 0.360. The summed E-state index contributed by atoms with van der Waals surface area (Å²) >= 11 is 1.11. The van der Waals surface area contributed by atoms with Crippen LogP contribution in [0, 0.1) is 0 Å². The molecule has 0 saturated heterocycles. The third-order valence-electron chi connectivity index (χ3n) is 2.94. The van der Waals surface area contributed by atoms with Crippen LogP contribution < -0.4 is 5.32 Å². The van der Waals surface area contributed by atoms with E-state index in [1.807, 2.05) is 0 Å². The predicted molar refractivity (Wildman–Crippen MR) is 69.0 cm³/mol. The van der Waals surface area contributed by atoms with Crippen molar-refractivity contribution in [1.29, 1.82) is 0 Å². The van der Waals surface area contributed by atoms with Crippen LogP contribution in [0.25, 0.3) is 0 Å². The third-order valence-corrected chi connectivity index (χ3v) is 3.88. The van der Waals surface area contributed by atoms with E-state index in [4.69, 9.17) is 5.11 Å². The maximum Gasteiger partial charge on any atom is 0.406 e. The summed E-state index contributed by atoms with van der Waals surface area (Å²) in [4.78, 5) is 24.2. The summed E-state index contributed by atoms with van der Waals surface area (Å²) in [6.45, 7) is -1.37. The van der Waals surface area contributed by atoms with Gasteiger partial charge in [0.15, 0.2) is 6.04 Å². The standard InChI is InChI=1S/C12H13F3N2O3S/c13-12(14,15)6-17(7-3-4-7)11(20)16-9(10(18)19)8-2-1-5-21-8/h1-2,5,7,9H,3-4,6H2,(H,16,20)(H,18,19). The molecule has 0 radical (unpaired) electrons. The lowest BCUT2D eigenvalue weighted by molar-refractivity contribution is -0.141. The first-order chi connectivity index (χ1) is 9.78. The van der Waals surface area contributed by atoms with Crippen molar-refractivity contribution in [3.8, 4) is 0 Å². The third kappa shape index (κ3) is 4.35. The Bertz CT molecular complexity index is 514. The number of carboxylic acid groups (broad SMARTS) is 1. The molecular weight excluding hydrogens is 309 g/mol. The number of hydrogen-bond acceptors (Lipinski definition) is 3. The van der Waals surface area contributed by atoms with Crippen molar-refractivity contribution in [3.63, 3.8) is 0 Å². The zero-order valence-electron chi connectivity index (χ0n) is 10.8. The lowest BCUT2D eigenvalue weighted by Gasteiger charge is -2.25. The Labute approximate surface area is 122 Å². The second-order valence-electron chi connectivity index (χ2n) is 4.71. The zero-order valence-corrected chi connectivity index (χ0v) is 11.6. The van der Waals surface area contributed by atoms with Crippen molar-refractivity contribution in [1.82, 2.24) is 10.2 Å². The summed E-state index contributed by atoms with van der Waals surface area (Å²) in [5.41, 5.74) is 0. The summed E-state index contributed by atoms with van der Waals surface area (Å²) in [6.07, 6.45) is -3.51. The second-order valence-corrected chi connectivity index (χ2v) is 5.69. The zero-order chi connectivity index (χ0) is 15.6. The normalized spacial score (nSPS) is 16.3. The van der Waals surface area contributed by atoms with Gasteiger partial charge in [-0.05, 0) is 24.3 Å². The number of halogens is 3. The van der Waals surface area contributed by atoms with E-state index in [0.717, 1.165) is 11.3 Å². The van der Waals surface area contributed by atoms with Crippen molar-refractivity contribution in [2.24, 2.45) is 0 Å². The molecule has 2 amide bonds. The van der Waals surface area contributed by atoms with Crippen molar-refractivity contribution >= 4 is 23.3 Å². The summed E-state index contributed by atoms with van der Waals surface area (Å²) < 4.78 is 37.5. The Kier molecular flexibility index (Phi) is 4.40. The van der Waals surface area contributed by atoms with Crippen LogP contribution in [0.5, 0.6) is 0 Å². The van der Waals surface area contributed by atoms with Gasteiger partial charge < -0.3 is 15.3 Å². The number of thiophene rings is 1. The average molecular weight is 322 g/mol. The maximum atomic E-state index is 12.5. The summed E-state index contributed by atoms with van der Waals surface area (Å²) in [6, 6.07) is 0.304. The van der Waals surface area contributed by atoms with Crippen LogP contribution in [-0.4, -0.2) is 40.8 Å². The number of carboxylic acids is 1. The number of nitrogens with zero attached hydrogens (tertiary/aromatic N) is 1. The molecule has 0 aliphatic heterocycles. The van der Waals surface area contributed by atoms with Crippen molar-refractivity contribution in [3.05, 3.63) is 22.4 Å². The van der Waals surface area contributed by atoms with E-state index in [-0.39, 0.29) is 0 Å². The molecule has 21 heavy (non-hydrogen) atoms. The molecule has 116 valence electrons. The van der Waals surface area contributed by atoms with Gasteiger partial charge in [0.05, 0.1) is 0 Å². The molecule has 1 aromatic heterocycles. The van der Waals surface area contributed by atoms with Gasteiger partial charge in [0.1, 0.15) is 6.54 Å². The van der Waals surface area contributed by atoms with Crippen LogP contribution in [0.3, 0.4) is 0 Å². The molecule has 0 bridgehead atoms. The number of nitrogens with one attached hydrogen (secondary N) is 1. The van der Waals surface area contributed by atoms with E-state index >= 15 is 0 Å². The number of carbonyl (C=O) groups is 2. The van der Waals surface area contributed by atoms with Crippen LogP contribution >= 0.6 is 11.3 Å². The molecule has 0 aromatic carbocycles.